The fourth-order valence-electron chi connectivity index (χ4n) is 2.74. The Kier molecular flexibility index (Phi) is 5.01. The minimum Gasteiger partial charge on any atom is -0.259 e. The van der Waals surface area contributed by atoms with E-state index in [0.29, 0.717) is 5.02 Å². The number of aromatic nitrogens is 2. The van der Waals surface area contributed by atoms with E-state index in [1.807, 2.05) is 0 Å². The minimum absolute atomic E-state index is 0.0278. The summed E-state index contributed by atoms with van der Waals surface area (Å²) >= 11 is 5.84. The van der Waals surface area contributed by atoms with Crippen LogP contribution in [0, 0.1) is 18.7 Å². The topological polar surface area (TPSA) is 59.9 Å². The fourth-order valence-corrected chi connectivity index (χ4v) is 4.62. The second-order valence-corrected chi connectivity index (χ2v) is 8.91. The number of hydrogen-bond donors (Lipinski definition) is 0. The monoisotopic (exact) mass is 408 g/mol. The van der Waals surface area contributed by atoms with Crippen LogP contribution in [0.5, 0.6) is 0 Å². The van der Waals surface area contributed by atoms with Gasteiger partial charge in [-0.15, -0.1) is 0 Å². The van der Waals surface area contributed by atoms with Crippen LogP contribution >= 0.6 is 11.6 Å². The third kappa shape index (κ3) is 3.33. The first-order valence-electron chi connectivity index (χ1n) is 7.92. The number of hydrogen-bond acceptors (Lipinski definition) is 4. The van der Waals surface area contributed by atoms with Gasteiger partial charge < -0.3 is 0 Å². The van der Waals surface area contributed by atoms with Gasteiger partial charge in [0.25, 0.3) is 0 Å². The number of benzene rings is 1. The summed E-state index contributed by atoms with van der Waals surface area (Å²) in [6, 6.07) is 10.2. The van der Waals surface area contributed by atoms with Gasteiger partial charge in [0.1, 0.15) is 11.5 Å². The molecule has 2 heterocycles. The maximum Gasteiger partial charge on any atom is 0.213 e. The molecule has 2 aromatic heterocycles. The second kappa shape index (κ2) is 6.98. The molecule has 0 fully saturated rings. The lowest BCUT2D eigenvalue weighted by atomic mass is 10.00. The number of sulfone groups is 1. The molecule has 0 N–H and O–H groups in total. The van der Waals surface area contributed by atoms with E-state index in [9.17, 15) is 17.2 Å². The molecule has 1 atom stereocenters. The van der Waals surface area contributed by atoms with Gasteiger partial charge in [0, 0.05) is 11.2 Å². The van der Waals surface area contributed by atoms with Crippen LogP contribution < -0.4 is 0 Å². The molecule has 0 bridgehead atoms. The van der Waals surface area contributed by atoms with Crippen LogP contribution in [0.15, 0.2) is 59.6 Å². The lowest BCUT2D eigenvalue weighted by molar-refractivity contribution is 0.505. The van der Waals surface area contributed by atoms with Gasteiger partial charge in [-0.2, -0.15) is 4.39 Å². The Morgan fingerprint density at radius 1 is 1.00 bits per heavy atom. The van der Waals surface area contributed by atoms with Crippen molar-refractivity contribution in [1.82, 2.24) is 9.97 Å². The van der Waals surface area contributed by atoms with Crippen molar-refractivity contribution < 1.29 is 17.2 Å². The number of halogens is 3. The van der Waals surface area contributed by atoms with Crippen LogP contribution in [0.4, 0.5) is 8.78 Å². The standard InChI is InChI=1S/C19H15ClF2N2O2S/c1-12-3-9-16(23-11-12)19(2,18-15(21)8-10-17(22)24-18)27(25,26)14-6-4-13(20)5-7-14/h3-11H,1-2H3. The van der Waals surface area contributed by atoms with E-state index in [0.717, 1.165) is 17.7 Å². The van der Waals surface area contributed by atoms with E-state index in [2.05, 4.69) is 9.97 Å². The summed E-state index contributed by atoms with van der Waals surface area (Å²) < 4.78 is 53.3. The van der Waals surface area contributed by atoms with Crippen LogP contribution in [0.25, 0.3) is 0 Å². The van der Waals surface area contributed by atoms with E-state index < -0.39 is 32.0 Å². The van der Waals surface area contributed by atoms with Crippen molar-refractivity contribution in [2.45, 2.75) is 23.5 Å². The van der Waals surface area contributed by atoms with Crippen molar-refractivity contribution in [3.8, 4) is 0 Å². The summed E-state index contributed by atoms with van der Waals surface area (Å²) in [5.74, 6) is -1.94. The Balaban J connectivity index is 2.35. The smallest absolute Gasteiger partial charge is 0.213 e. The van der Waals surface area contributed by atoms with Crippen LogP contribution in [0.1, 0.15) is 23.9 Å². The molecular weight excluding hydrogens is 394 g/mol. The van der Waals surface area contributed by atoms with E-state index >= 15 is 0 Å². The molecule has 0 saturated heterocycles. The van der Waals surface area contributed by atoms with E-state index in [4.69, 9.17) is 11.6 Å². The highest BCUT2D eigenvalue weighted by atomic mass is 35.5. The molecule has 0 spiro atoms. The predicted molar refractivity (Wildman–Crippen MR) is 98.2 cm³/mol. The molecule has 0 amide bonds. The molecule has 3 rings (SSSR count). The Labute approximate surface area is 160 Å². The number of pyridine rings is 2. The summed E-state index contributed by atoms with van der Waals surface area (Å²) in [4.78, 5) is 7.63. The maximum absolute atomic E-state index is 14.6. The van der Waals surface area contributed by atoms with Crippen LogP contribution in [0.2, 0.25) is 5.02 Å². The van der Waals surface area contributed by atoms with Crippen molar-refractivity contribution in [2.75, 3.05) is 0 Å². The largest absolute Gasteiger partial charge is 0.259 e. The molecule has 0 radical (unpaired) electrons. The van der Waals surface area contributed by atoms with Gasteiger partial charge in [-0.05, 0) is 61.9 Å². The fraction of sp³-hybridized carbons (Fsp3) is 0.158. The highest BCUT2D eigenvalue weighted by Gasteiger charge is 2.48. The molecule has 1 aromatic carbocycles. The molecular formula is C19H15ClF2N2O2S. The molecule has 8 heteroatoms. The van der Waals surface area contributed by atoms with E-state index in [-0.39, 0.29) is 10.6 Å². The maximum atomic E-state index is 14.6. The molecule has 3 aromatic rings. The summed E-state index contributed by atoms with van der Waals surface area (Å²) in [5.41, 5.74) is 0.256. The summed E-state index contributed by atoms with van der Waals surface area (Å²) in [5, 5.41) is 0.346. The van der Waals surface area contributed by atoms with Crippen LogP contribution in [-0.2, 0) is 14.6 Å². The SMILES string of the molecule is Cc1ccc(C(C)(c2nc(F)ccc2F)S(=O)(=O)c2ccc(Cl)cc2)nc1. The van der Waals surface area contributed by atoms with Gasteiger partial charge in [0.05, 0.1) is 10.6 Å². The average molecular weight is 409 g/mol. The highest BCUT2D eigenvalue weighted by Crippen LogP contribution is 2.41. The molecule has 0 aliphatic carbocycles. The predicted octanol–water partition coefficient (Wildman–Crippen LogP) is 4.45. The third-order valence-corrected chi connectivity index (χ3v) is 6.95. The Morgan fingerprint density at radius 2 is 1.67 bits per heavy atom. The van der Waals surface area contributed by atoms with E-state index in [1.165, 1.54) is 43.5 Å². The molecule has 27 heavy (non-hydrogen) atoms. The molecule has 0 saturated carbocycles. The van der Waals surface area contributed by atoms with Crippen LogP contribution in [0.3, 0.4) is 0 Å². The second-order valence-electron chi connectivity index (χ2n) is 6.18. The molecule has 1 unspecified atom stereocenters. The van der Waals surface area contributed by atoms with Crippen molar-refractivity contribution in [2.24, 2.45) is 0 Å². The van der Waals surface area contributed by atoms with Gasteiger partial charge in [-0.25, -0.2) is 17.8 Å². The van der Waals surface area contributed by atoms with Gasteiger partial charge in [-0.3, -0.25) is 4.98 Å². The first kappa shape index (κ1) is 19.4. The zero-order valence-corrected chi connectivity index (χ0v) is 16.0. The highest BCUT2D eigenvalue weighted by molar-refractivity contribution is 7.92. The normalized spacial score (nSPS) is 14.0. The lowest BCUT2D eigenvalue weighted by Gasteiger charge is -2.29. The van der Waals surface area contributed by atoms with Gasteiger partial charge in [0.15, 0.2) is 14.6 Å². The van der Waals surface area contributed by atoms with E-state index in [1.54, 1.807) is 13.0 Å². The lowest BCUT2D eigenvalue weighted by Crippen LogP contribution is -2.37. The number of nitrogens with zero attached hydrogens (tertiary/aromatic N) is 2. The van der Waals surface area contributed by atoms with Crippen molar-refractivity contribution >= 4 is 21.4 Å². The first-order valence-corrected chi connectivity index (χ1v) is 9.78. The summed E-state index contributed by atoms with van der Waals surface area (Å²) in [6.07, 6.45) is 1.46. The molecule has 4 nitrogen and oxygen atoms in total. The van der Waals surface area contributed by atoms with Gasteiger partial charge >= 0.3 is 0 Å². The third-order valence-electron chi connectivity index (χ3n) is 4.33. The van der Waals surface area contributed by atoms with Gasteiger partial charge in [-0.1, -0.05) is 17.7 Å². The van der Waals surface area contributed by atoms with Crippen molar-refractivity contribution in [3.63, 3.8) is 0 Å². The zero-order valence-electron chi connectivity index (χ0n) is 14.4. The first-order chi connectivity index (χ1) is 12.7. The molecule has 140 valence electrons. The summed E-state index contributed by atoms with van der Waals surface area (Å²) in [6.45, 7) is 3.04. The van der Waals surface area contributed by atoms with Crippen molar-refractivity contribution in [3.05, 3.63) is 88.5 Å². The molecule has 0 aliphatic rings. The Morgan fingerprint density at radius 3 is 2.26 bits per heavy atom. The minimum atomic E-state index is -4.27. The zero-order chi connectivity index (χ0) is 19.8. The average Bonchev–Trinajstić information content (AvgIpc) is 2.64. The Hall–Kier alpha value is -2.38. The quantitative estimate of drug-likeness (QED) is 0.598. The van der Waals surface area contributed by atoms with Gasteiger partial charge in [0.2, 0.25) is 5.95 Å². The number of aryl methyl sites for hydroxylation is 1. The number of rotatable bonds is 4. The van der Waals surface area contributed by atoms with Crippen molar-refractivity contribution in [1.29, 1.82) is 0 Å². The van der Waals surface area contributed by atoms with Crippen LogP contribution in [-0.4, -0.2) is 18.4 Å². The molecule has 0 aliphatic heterocycles. The Bertz CT molecular complexity index is 1090. The summed E-state index contributed by atoms with van der Waals surface area (Å²) in [7, 11) is -4.27.